The van der Waals surface area contributed by atoms with Gasteiger partial charge in [-0.1, -0.05) is 54.4 Å². The van der Waals surface area contributed by atoms with Crippen LogP contribution >= 0.6 is 35.8 Å². The maximum Gasteiger partial charge on any atom is 0.501 e. The van der Waals surface area contributed by atoms with Crippen molar-refractivity contribution in [1.82, 2.24) is 24.7 Å². The van der Waals surface area contributed by atoms with E-state index in [4.69, 9.17) is 16.3 Å². The predicted molar refractivity (Wildman–Crippen MR) is 287 cm³/mol. The zero-order chi connectivity index (χ0) is 50.9. The molecule has 3 saturated heterocycles. The number of nitrogens with one attached hydrogen (secondary N) is 3. The molecule has 0 spiro atoms. The zero-order valence-corrected chi connectivity index (χ0v) is 45.1. The van der Waals surface area contributed by atoms with Gasteiger partial charge in [-0.2, -0.15) is 13.2 Å². The minimum Gasteiger partial charge on any atom is -0.380 e. The van der Waals surface area contributed by atoms with Crippen molar-refractivity contribution in [3.63, 3.8) is 0 Å². The average molecular weight is 1110 g/mol. The Hall–Kier alpha value is -3.89. The summed E-state index contributed by atoms with van der Waals surface area (Å²) in [4.78, 5) is 21.8. The molecule has 3 N–H and O–H groups in total. The summed E-state index contributed by atoms with van der Waals surface area (Å²) < 4.78 is 104. The van der Waals surface area contributed by atoms with Crippen molar-refractivity contribution in [2.75, 3.05) is 114 Å². The monoisotopic (exact) mass is 1110 g/mol. The first kappa shape index (κ1) is 56.8. The summed E-state index contributed by atoms with van der Waals surface area (Å²) in [6.45, 7) is 14.8. The number of allylic oxidation sites excluding steroid dienone is 1. The third-order valence-electron chi connectivity index (χ3n) is 14.3. The number of sulfone groups is 1. The Morgan fingerprint density at radius 1 is 0.836 bits per heavy atom. The Bertz CT molecular complexity index is 2720. The largest absolute Gasteiger partial charge is 0.501 e. The average Bonchev–Trinajstić information content (AvgIpc) is 3.38. The smallest absolute Gasteiger partial charge is 0.380 e. The van der Waals surface area contributed by atoms with E-state index in [0.29, 0.717) is 51.1 Å². The van der Waals surface area contributed by atoms with Crippen LogP contribution in [0.2, 0.25) is 5.02 Å². The highest BCUT2D eigenvalue weighted by molar-refractivity contribution is 7.99. The number of hydrogen-bond donors (Lipinski definition) is 3. The van der Waals surface area contributed by atoms with Gasteiger partial charge in [0.1, 0.15) is 4.90 Å². The molecule has 13 nitrogen and oxygen atoms in total. The predicted octanol–water partition coefficient (Wildman–Crippen LogP) is 8.53. The highest BCUT2D eigenvalue weighted by atomic mass is 35.5. The van der Waals surface area contributed by atoms with Crippen molar-refractivity contribution in [3.05, 3.63) is 119 Å². The van der Waals surface area contributed by atoms with Crippen molar-refractivity contribution < 1.29 is 39.5 Å². The van der Waals surface area contributed by atoms with E-state index in [9.17, 15) is 34.8 Å². The highest BCUT2D eigenvalue weighted by Gasteiger charge is 2.48. The number of piperazine rings is 2. The fourth-order valence-corrected chi connectivity index (χ4v) is 13.1. The molecule has 4 aliphatic rings. The summed E-state index contributed by atoms with van der Waals surface area (Å²) in [5.41, 5.74) is -0.959. The molecule has 0 bridgehead atoms. The van der Waals surface area contributed by atoms with Gasteiger partial charge in [0, 0.05) is 112 Å². The van der Waals surface area contributed by atoms with Crippen molar-refractivity contribution in [2.24, 2.45) is 5.41 Å². The second-order valence-corrected chi connectivity index (χ2v) is 24.6. The standard InChI is InChI=1S/C52H65ClF3N7O6S3.ClH/c1-51(20-24-61-25-21-57-22-26-61)19-17-47(39-7-11-42(53)12-8-39)41(36-51)37-62-27-29-63(30-28-62)44-13-9-40(10-14-44)50(64)59-72(67,68)46-15-16-48(49(35-46)71(65,66)52(54,55)56)58-43(18-23-60-31-33-69-34-32-60)38-70-45-5-3-2-4-6-45;/h2-16,35,43,57-58H,17-34,36-38H2,1H3,(H,59,64);1H/t43-,51?;/m1./s1. The van der Waals surface area contributed by atoms with Crippen molar-refractivity contribution >= 4 is 78.5 Å². The molecule has 21 heteroatoms. The number of amides is 1. The fraction of sp³-hybridized carbons (Fsp3) is 0.481. The summed E-state index contributed by atoms with van der Waals surface area (Å²) in [5, 5.41) is 7.18. The Morgan fingerprint density at radius 3 is 2.18 bits per heavy atom. The van der Waals surface area contributed by atoms with Gasteiger partial charge in [-0.25, -0.2) is 21.6 Å². The number of morpholine rings is 1. The van der Waals surface area contributed by atoms with Crippen LogP contribution in [0.15, 0.2) is 117 Å². The lowest BCUT2D eigenvalue weighted by Crippen LogP contribution is -2.47. The number of benzene rings is 4. The molecule has 3 aliphatic heterocycles. The lowest BCUT2D eigenvalue weighted by Gasteiger charge is -2.41. The van der Waals surface area contributed by atoms with Crippen LogP contribution in [0.5, 0.6) is 0 Å². The van der Waals surface area contributed by atoms with Gasteiger partial charge in [-0.15, -0.1) is 24.2 Å². The fourth-order valence-electron chi connectivity index (χ4n) is 9.97. The zero-order valence-electron chi connectivity index (χ0n) is 41.0. The molecular weight excluding hydrogens is 1040 g/mol. The first-order chi connectivity index (χ1) is 34.4. The van der Waals surface area contributed by atoms with E-state index >= 15 is 0 Å². The van der Waals surface area contributed by atoms with Gasteiger partial charge >= 0.3 is 5.51 Å². The van der Waals surface area contributed by atoms with Crippen LogP contribution in [-0.2, 0) is 24.6 Å². The summed E-state index contributed by atoms with van der Waals surface area (Å²) in [6, 6.07) is 26.0. The number of rotatable bonds is 19. The maximum atomic E-state index is 14.2. The number of carbonyl (C=O) groups is 1. The van der Waals surface area contributed by atoms with Crippen LogP contribution in [0.4, 0.5) is 24.5 Å². The molecule has 4 aromatic rings. The minimum absolute atomic E-state index is 0. The van der Waals surface area contributed by atoms with Crippen LogP contribution in [0.3, 0.4) is 0 Å². The first-order valence-corrected chi connectivity index (χ1v) is 29.0. The summed E-state index contributed by atoms with van der Waals surface area (Å²) in [5.74, 6) is -0.653. The highest BCUT2D eigenvalue weighted by Crippen LogP contribution is 2.45. The van der Waals surface area contributed by atoms with E-state index in [0.717, 1.165) is 119 Å². The van der Waals surface area contributed by atoms with Gasteiger partial charge in [-0.05, 0) is 122 Å². The van der Waals surface area contributed by atoms with E-state index in [1.165, 1.54) is 40.6 Å². The van der Waals surface area contributed by atoms with Gasteiger partial charge in [0.2, 0.25) is 0 Å². The van der Waals surface area contributed by atoms with Crippen molar-refractivity contribution in [2.45, 2.75) is 65.3 Å². The van der Waals surface area contributed by atoms with Crippen LogP contribution in [-0.4, -0.2) is 153 Å². The number of carbonyl (C=O) groups excluding carboxylic acids is 1. The van der Waals surface area contributed by atoms with Crippen LogP contribution in [0, 0.1) is 5.41 Å². The summed E-state index contributed by atoms with van der Waals surface area (Å²) in [6.07, 6.45) is 4.80. The van der Waals surface area contributed by atoms with Crippen LogP contribution < -0.4 is 20.3 Å². The molecule has 0 aromatic heterocycles. The van der Waals surface area contributed by atoms with Gasteiger partial charge in [0.25, 0.3) is 25.8 Å². The van der Waals surface area contributed by atoms with Crippen LogP contribution in [0.1, 0.15) is 54.9 Å². The lowest BCUT2D eigenvalue weighted by molar-refractivity contribution is -0.0435. The van der Waals surface area contributed by atoms with E-state index in [1.54, 1.807) is 12.1 Å². The number of anilines is 2. The number of ether oxygens (including phenoxy) is 1. The number of nitrogens with zero attached hydrogens (tertiary/aromatic N) is 4. The second kappa shape index (κ2) is 25.3. The minimum atomic E-state index is -6.06. The number of hydrogen-bond acceptors (Lipinski definition) is 13. The second-order valence-electron chi connectivity index (χ2n) is 19.5. The molecule has 0 saturated carbocycles. The molecule has 8 rings (SSSR count). The maximum absolute atomic E-state index is 14.2. The number of alkyl halides is 3. The Morgan fingerprint density at radius 2 is 1.51 bits per heavy atom. The Balaban J connectivity index is 0.00000780. The molecule has 4 aromatic carbocycles. The topological polar surface area (TPSA) is 144 Å². The number of thioether (sulfide) groups is 1. The van der Waals surface area contributed by atoms with E-state index in [2.05, 4.69) is 49.3 Å². The van der Waals surface area contributed by atoms with Gasteiger partial charge in [0.15, 0.2) is 0 Å². The molecular formula is C52H66Cl2F3N7O6S3. The third-order valence-corrected chi connectivity index (χ3v) is 18.6. The number of halogens is 5. The summed E-state index contributed by atoms with van der Waals surface area (Å²) in [7, 11) is -10.9. The Kier molecular flexibility index (Phi) is 19.7. The summed E-state index contributed by atoms with van der Waals surface area (Å²) >= 11 is 7.75. The molecule has 1 amide bonds. The Labute approximate surface area is 444 Å². The molecule has 73 heavy (non-hydrogen) atoms. The normalized spacial score (nSPS) is 20.3. The van der Waals surface area contributed by atoms with Gasteiger partial charge < -0.3 is 25.2 Å². The van der Waals surface area contributed by atoms with Crippen LogP contribution in [0.25, 0.3) is 5.57 Å². The molecule has 1 aliphatic carbocycles. The molecule has 398 valence electrons. The van der Waals surface area contributed by atoms with Gasteiger partial charge in [-0.3, -0.25) is 14.6 Å². The van der Waals surface area contributed by atoms with Crippen molar-refractivity contribution in [1.29, 1.82) is 0 Å². The molecule has 0 radical (unpaired) electrons. The molecule has 3 heterocycles. The van der Waals surface area contributed by atoms with Gasteiger partial charge in [0.05, 0.1) is 23.8 Å². The van der Waals surface area contributed by atoms with E-state index in [1.807, 2.05) is 47.2 Å². The van der Waals surface area contributed by atoms with E-state index in [-0.39, 0.29) is 23.4 Å². The molecule has 3 fully saturated rings. The third kappa shape index (κ3) is 15.2. The first-order valence-electron chi connectivity index (χ1n) is 24.7. The van der Waals surface area contributed by atoms with Crippen molar-refractivity contribution in [3.8, 4) is 0 Å². The number of sulfonamides is 1. The quantitative estimate of drug-likeness (QED) is 0.0773. The molecule has 1 unspecified atom stereocenters. The SMILES string of the molecule is CC1(CCN2CCNCC2)CCC(c2ccc(Cl)cc2)=C(CN2CCN(c3ccc(C(=O)NS(=O)(=O)c4ccc(N[C@H](CCN5CCOCC5)CSc5ccccc5)c(S(=O)(=O)C(F)(F)F)c4)cc3)CC2)C1.Cl. The lowest BCUT2D eigenvalue weighted by atomic mass is 9.69. The molecule has 2 atom stereocenters. The van der Waals surface area contributed by atoms with E-state index < -0.39 is 52.8 Å².